The third kappa shape index (κ3) is 1.54. The molecule has 0 aliphatic heterocycles. The normalized spacial score (nSPS) is 10.6. The first-order valence-electron chi connectivity index (χ1n) is 4.12. The fraction of sp³-hybridized carbons (Fsp3) is 0. The molecular formula is C9H4Cl2N2O3. The molecule has 5 nitrogen and oxygen atoms in total. The second kappa shape index (κ2) is 3.77. The van der Waals surface area contributed by atoms with Crippen molar-refractivity contribution in [3.8, 4) is 0 Å². The van der Waals surface area contributed by atoms with Crippen molar-refractivity contribution < 1.29 is 9.90 Å². The van der Waals surface area contributed by atoms with Crippen molar-refractivity contribution >= 4 is 40.1 Å². The molecule has 0 unspecified atom stereocenters. The molecule has 1 aromatic carbocycles. The summed E-state index contributed by atoms with van der Waals surface area (Å²) in [7, 11) is 0. The molecule has 1 heterocycles. The van der Waals surface area contributed by atoms with E-state index in [4.69, 9.17) is 28.3 Å². The fourth-order valence-electron chi connectivity index (χ4n) is 1.31. The number of nitrogens with one attached hydrogen (secondary N) is 1. The van der Waals surface area contributed by atoms with Gasteiger partial charge in [-0.1, -0.05) is 23.2 Å². The number of rotatable bonds is 1. The van der Waals surface area contributed by atoms with Crippen LogP contribution in [0, 0.1) is 0 Å². The maximum atomic E-state index is 11.7. The predicted octanol–water partition coefficient (Wildman–Crippen LogP) is 1.93. The molecule has 0 fully saturated rings. The lowest BCUT2D eigenvalue weighted by Crippen LogP contribution is -2.18. The second-order valence-electron chi connectivity index (χ2n) is 2.99. The number of benzene rings is 1. The zero-order chi connectivity index (χ0) is 11.9. The van der Waals surface area contributed by atoms with E-state index in [1.165, 1.54) is 12.1 Å². The van der Waals surface area contributed by atoms with Gasteiger partial charge < -0.3 is 5.11 Å². The molecule has 0 radical (unpaired) electrons. The van der Waals surface area contributed by atoms with Crippen LogP contribution in [-0.2, 0) is 0 Å². The van der Waals surface area contributed by atoms with Crippen molar-refractivity contribution in [2.24, 2.45) is 0 Å². The highest BCUT2D eigenvalue weighted by Gasteiger charge is 2.16. The number of hydrogen-bond acceptors (Lipinski definition) is 3. The van der Waals surface area contributed by atoms with E-state index in [9.17, 15) is 9.59 Å². The lowest BCUT2D eigenvalue weighted by molar-refractivity contribution is 0.0688. The molecule has 0 saturated carbocycles. The topological polar surface area (TPSA) is 83.0 Å². The molecule has 0 atom stereocenters. The first kappa shape index (κ1) is 10.9. The number of halogens is 2. The van der Waals surface area contributed by atoms with Gasteiger partial charge in [0.25, 0.3) is 0 Å². The number of H-pyrrole nitrogens is 1. The zero-order valence-electron chi connectivity index (χ0n) is 7.62. The highest BCUT2D eigenvalue weighted by Crippen LogP contribution is 2.25. The van der Waals surface area contributed by atoms with Crippen LogP contribution in [0.5, 0.6) is 0 Å². The number of carbonyl (C=O) groups is 1. The maximum absolute atomic E-state index is 11.7. The van der Waals surface area contributed by atoms with Crippen LogP contribution in [0.3, 0.4) is 0 Å². The summed E-state index contributed by atoms with van der Waals surface area (Å²) in [5.74, 6) is -1.42. The minimum Gasteiger partial charge on any atom is -0.476 e. The average molecular weight is 259 g/mol. The lowest BCUT2D eigenvalue weighted by atomic mass is 10.2. The van der Waals surface area contributed by atoms with E-state index in [2.05, 4.69) is 10.2 Å². The van der Waals surface area contributed by atoms with E-state index in [0.29, 0.717) is 0 Å². The van der Waals surface area contributed by atoms with Crippen LogP contribution in [-0.4, -0.2) is 21.3 Å². The number of aromatic carboxylic acids is 1. The Labute approximate surface area is 98.6 Å². The Morgan fingerprint density at radius 1 is 1.31 bits per heavy atom. The minimum atomic E-state index is -1.42. The van der Waals surface area contributed by atoms with E-state index >= 15 is 0 Å². The quantitative estimate of drug-likeness (QED) is 0.819. The standard InChI is InChI=1S/C9H4Cl2N2O3/c10-3-1-2-4(11)6-5(3)8(14)7(9(15)16)13-12-6/h1-2H,(H,12,14)(H,15,16). The van der Waals surface area contributed by atoms with Crippen LogP contribution in [0.25, 0.3) is 10.9 Å². The summed E-state index contributed by atoms with van der Waals surface area (Å²) in [6, 6.07) is 2.91. The largest absolute Gasteiger partial charge is 0.476 e. The average Bonchev–Trinajstić information content (AvgIpc) is 2.23. The van der Waals surface area contributed by atoms with Crippen LogP contribution in [0.2, 0.25) is 10.0 Å². The SMILES string of the molecule is O=C(O)c1n[nH]c2c(Cl)ccc(Cl)c2c1=O. The first-order valence-corrected chi connectivity index (χ1v) is 4.87. The van der Waals surface area contributed by atoms with Gasteiger partial charge in [0.15, 0.2) is 0 Å². The number of hydrogen-bond donors (Lipinski definition) is 2. The summed E-state index contributed by atoms with van der Waals surface area (Å²) in [6.45, 7) is 0. The number of carboxylic acid groups (broad SMARTS) is 1. The van der Waals surface area contributed by atoms with Crippen LogP contribution < -0.4 is 5.43 Å². The molecule has 2 rings (SSSR count). The summed E-state index contributed by atoms with van der Waals surface area (Å²) in [5.41, 5.74) is -1.14. The Bertz CT molecular complexity index is 651. The summed E-state index contributed by atoms with van der Waals surface area (Å²) >= 11 is 11.6. The van der Waals surface area contributed by atoms with Gasteiger partial charge in [0.2, 0.25) is 11.1 Å². The highest BCUT2D eigenvalue weighted by molar-refractivity contribution is 6.39. The molecular weight excluding hydrogens is 255 g/mol. The van der Waals surface area contributed by atoms with Gasteiger partial charge in [0.1, 0.15) is 0 Å². The molecule has 2 N–H and O–H groups in total. The summed E-state index contributed by atoms with van der Waals surface area (Å²) in [6.07, 6.45) is 0. The van der Waals surface area contributed by atoms with Crippen LogP contribution >= 0.6 is 23.2 Å². The van der Waals surface area contributed by atoms with Gasteiger partial charge in [-0.05, 0) is 12.1 Å². The van der Waals surface area contributed by atoms with Crippen molar-refractivity contribution in [1.29, 1.82) is 0 Å². The molecule has 0 saturated heterocycles. The highest BCUT2D eigenvalue weighted by atomic mass is 35.5. The van der Waals surface area contributed by atoms with E-state index in [1.54, 1.807) is 0 Å². The number of carboxylic acids is 1. The van der Waals surface area contributed by atoms with Gasteiger partial charge >= 0.3 is 5.97 Å². The third-order valence-corrected chi connectivity index (χ3v) is 2.66. The summed E-state index contributed by atoms with van der Waals surface area (Å²) < 4.78 is 0. The van der Waals surface area contributed by atoms with E-state index < -0.39 is 17.1 Å². The Morgan fingerprint density at radius 2 is 1.94 bits per heavy atom. The van der Waals surface area contributed by atoms with E-state index in [0.717, 1.165) is 0 Å². The maximum Gasteiger partial charge on any atom is 0.360 e. The molecule has 0 spiro atoms. The lowest BCUT2D eigenvalue weighted by Gasteiger charge is -2.02. The molecule has 0 aliphatic rings. The van der Waals surface area contributed by atoms with Crippen molar-refractivity contribution in [3.05, 3.63) is 38.1 Å². The monoisotopic (exact) mass is 258 g/mol. The zero-order valence-corrected chi connectivity index (χ0v) is 9.13. The van der Waals surface area contributed by atoms with E-state index in [1.807, 2.05) is 0 Å². The third-order valence-electron chi connectivity index (χ3n) is 2.03. The van der Waals surface area contributed by atoms with Crippen molar-refractivity contribution in [2.45, 2.75) is 0 Å². The number of aromatic nitrogens is 2. The molecule has 0 aliphatic carbocycles. The van der Waals surface area contributed by atoms with Crippen molar-refractivity contribution in [2.75, 3.05) is 0 Å². The number of aromatic amines is 1. The Hall–Kier alpha value is -1.59. The van der Waals surface area contributed by atoms with Gasteiger partial charge in [0, 0.05) is 0 Å². The van der Waals surface area contributed by atoms with Gasteiger partial charge in [-0.15, -0.1) is 0 Å². The smallest absolute Gasteiger partial charge is 0.360 e. The Balaban J connectivity index is 3.00. The van der Waals surface area contributed by atoms with Crippen LogP contribution in [0.15, 0.2) is 16.9 Å². The molecule has 1 aromatic heterocycles. The summed E-state index contributed by atoms with van der Waals surface area (Å²) in [5, 5.41) is 15.0. The molecule has 82 valence electrons. The van der Waals surface area contributed by atoms with Crippen molar-refractivity contribution in [1.82, 2.24) is 10.2 Å². The van der Waals surface area contributed by atoms with Crippen LogP contribution in [0.4, 0.5) is 0 Å². The Morgan fingerprint density at radius 3 is 2.56 bits per heavy atom. The van der Waals surface area contributed by atoms with Crippen LogP contribution in [0.1, 0.15) is 10.5 Å². The molecule has 0 bridgehead atoms. The number of fused-ring (bicyclic) bond motifs is 1. The number of nitrogens with zero attached hydrogens (tertiary/aromatic N) is 1. The molecule has 2 aromatic rings. The first-order chi connectivity index (χ1) is 7.52. The fourth-order valence-corrected chi connectivity index (χ4v) is 1.75. The Kier molecular flexibility index (Phi) is 2.57. The van der Waals surface area contributed by atoms with Gasteiger partial charge in [-0.3, -0.25) is 9.89 Å². The molecule has 7 heteroatoms. The van der Waals surface area contributed by atoms with Gasteiger partial charge in [-0.2, -0.15) is 5.10 Å². The minimum absolute atomic E-state index is 0.0292. The summed E-state index contributed by atoms with van der Waals surface area (Å²) in [4.78, 5) is 22.4. The van der Waals surface area contributed by atoms with Gasteiger partial charge in [-0.25, -0.2) is 4.79 Å². The van der Waals surface area contributed by atoms with E-state index in [-0.39, 0.29) is 20.9 Å². The molecule has 16 heavy (non-hydrogen) atoms. The van der Waals surface area contributed by atoms with Crippen molar-refractivity contribution in [3.63, 3.8) is 0 Å². The predicted molar refractivity (Wildman–Crippen MR) is 59.3 cm³/mol. The molecule has 0 amide bonds. The second-order valence-corrected chi connectivity index (χ2v) is 3.80. The van der Waals surface area contributed by atoms with Gasteiger partial charge in [0.05, 0.1) is 20.9 Å².